The van der Waals surface area contributed by atoms with Crippen molar-refractivity contribution in [3.63, 3.8) is 0 Å². The van der Waals surface area contributed by atoms with Crippen molar-refractivity contribution in [2.45, 2.75) is 96.8 Å². The highest BCUT2D eigenvalue weighted by Crippen LogP contribution is 2.34. The van der Waals surface area contributed by atoms with Gasteiger partial charge in [0.1, 0.15) is 6.04 Å². The first kappa shape index (κ1) is 32.4. The van der Waals surface area contributed by atoms with Crippen molar-refractivity contribution < 1.29 is 24.0 Å². The van der Waals surface area contributed by atoms with Gasteiger partial charge in [0, 0.05) is 35.6 Å². The van der Waals surface area contributed by atoms with Gasteiger partial charge in [-0.3, -0.25) is 19.2 Å². The van der Waals surface area contributed by atoms with Crippen LogP contribution >= 0.6 is 11.6 Å². The zero-order valence-electron chi connectivity index (χ0n) is 24.9. The molecule has 0 unspecified atom stereocenters. The summed E-state index contributed by atoms with van der Waals surface area (Å²) < 4.78 is 0. The van der Waals surface area contributed by atoms with Gasteiger partial charge in [-0.05, 0) is 63.6 Å². The number of urea groups is 1. The second-order valence-corrected chi connectivity index (χ2v) is 13.0. The standard InChI is InChI=1S/C30H44ClN5O5/c1-7-8-23(25(37)27(39)32-20-13-14-20)33-26(38)22-16-36(15-21(22)18-9-11-19(31)12-10-18)28(40)24(17(2)3)34-29(41)35-30(4,5)6/h9-12,17,20-24H,7-8,13-16H2,1-6H3,(H,32,39)(H,33,38)(H2,34,35,41)/t21-,22+,23-,24-/m0/s1. The average Bonchev–Trinajstić information content (AvgIpc) is 3.59. The molecule has 11 heteroatoms. The van der Waals surface area contributed by atoms with Gasteiger partial charge >= 0.3 is 6.03 Å². The zero-order chi connectivity index (χ0) is 30.5. The third-order valence-corrected chi connectivity index (χ3v) is 7.57. The third-order valence-electron chi connectivity index (χ3n) is 7.32. The number of amides is 5. The number of hydrogen-bond acceptors (Lipinski definition) is 5. The molecule has 1 aliphatic carbocycles. The lowest BCUT2D eigenvalue weighted by atomic mass is 9.88. The number of nitrogens with zero attached hydrogens (tertiary/aromatic N) is 1. The molecule has 0 spiro atoms. The maximum absolute atomic E-state index is 13.7. The number of hydrogen-bond donors (Lipinski definition) is 4. The Kier molecular flexibility index (Phi) is 10.8. The van der Waals surface area contributed by atoms with Crippen molar-refractivity contribution in [1.29, 1.82) is 0 Å². The molecular formula is C30H44ClN5O5. The molecule has 4 atom stereocenters. The van der Waals surface area contributed by atoms with Gasteiger partial charge in [0.25, 0.3) is 5.91 Å². The first-order valence-corrected chi connectivity index (χ1v) is 14.9. The minimum atomic E-state index is -0.951. The Morgan fingerprint density at radius 2 is 1.63 bits per heavy atom. The fourth-order valence-electron chi connectivity index (χ4n) is 5.00. The summed E-state index contributed by atoms with van der Waals surface area (Å²) in [4.78, 5) is 67.1. The average molecular weight is 590 g/mol. The summed E-state index contributed by atoms with van der Waals surface area (Å²) in [5.74, 6) is -3.26. The van der Waals surface area contributed by atoms with E-state index in [0.29, 0.717) is 17.9 Å². The van der Waals surface area contributed by atoms with E-state index in [1.807, 2.05) is 53.7 Å². The number of benzene rings is 1. The molecule has 1 saturated carbocycles. The normalized spacial score (nSPS) is 20.2. The highest BCUT2D eigenvalue weighted by molar-refractivity contribution is 6.38. The Balaban J connectivity index is 1.81. The van der Waals surface area contributed by atoms with Crippen LogP contribution in [0.2, 0.25) is 5.02 Å². The second kappa shape index (κ2) is 13.7. The van der Waals surface area contributed by atoms with Gasteiger partial charge < -0.3 is 26.2 Å². The van der Waals surface area contributed by atoms with Crippen LogP contribution in [0.25, 0.3) is 0 Å². The Bertz CT molecular complexity index is 1130. The number of rotatable bonds is 11. The molecule has 2 aliphatic rings. The largest absolute Gasteiger partial charge is 0.347 e. The van der Waals surface area contributed by atoms with E-state index >= 15 is 0 Å². The van der Waals surface area contributed by atoms with Crippen LogP contribution in [-0.4, -0.2) is 71.2 Å². The number of nitrogens with one attached hydrogen (secondary N) is 4. The lowest BCUT2D eigenvalue weighted by molar-refractivity contribution is -0.140. The molecule has 0 bridgehead atoms. The molecule has 0 aromatic heterocycles. The molecule has 5 amide bonds. The third kappa shape index (κ3) is 9.18. The van der Waals surface area contributed by atoms with E-state index in [9.17, 15) is 24.0 Å². The number of carbonyl (C=O) groups excluding carboxylic acids is 5. The monoisotopic (exact) mass is 589 g/mol. The van der Waals surface area contributed by atoms with Crippen LogP contribution in [0, 0.1) is 11.8 Å². The first-order chi connectivity index (χ1) is 19.2. The maximum atomic E-state index is 13.7. The molecule has 1 aromatic carbocycles. The van der Waals surface area contributed by atoms with Crippen molar-refractivity contribution in [2.75, 3.05) is 13.1 Å². The van der Waals surface area contributed by atoms with E-state index in [2.05, 4.69) is 21.3 Å². The summed E-state index contributed by atoms with van der Waals surface area (Å²) in [5.41, 5.74) is 0.349. The van der Waals surface area contributed by atoms with E-state index in [1.54, 1.807) is 17.0 Å². The Morgan fingerprint density at radius 1 is 1.00 bits per heavy atom. The van der Waals surface area contributed by atoms with Crippen LogP contribution in [0.1, 0.15) is 78.7 Å². The Labute approximate surface area is 247 Å². The molecular weight excluding hydrogens is 546 g/mol. The molecule has 1 heterocycles. The molecule has 3 rings (SSSR count). The Morgan fingerprint density at radius 3 is 2.17 bits per heavy atom. The molecule has 41 heavy (non-hydrogen) atoms. The second-order valence-electron chi connectivity index (χ2n) is 12.5. The number of likely N-dealkylation sites (tertiary alicyclic amines) is 1. The minimum absolute atomic E-state index is 0.0288. The lowest BCUT2D eigenvalue weighted by Gasteiger charge is -2.29. The quantitative estimate of drug-likeness (QED) is 0.294. The number of ketones is 1. The van der Waals surface area contributed by atoms with Crippen LogP contribution in [0.4, 0.5) is 4.79 Å². The van der Waals surface area contributed by atoms with Gasteiger partial charge in [0.05, 0.1) is 12.0 Å². The van der Waals surface area contributed by atoms with E-state index < -0.39 is 47.2 Å². The van der Waals surface area contributed by atoms with E-state index in [4.69, 9.17) is 11.6 Å². The fourth-order valence-corrected chi connectivity index (χ4v) is 5.13. The predicted molar refractivity (Wildman–Crippen MR) is 157 cm³/mol. The molecule has 4 N–H and O–H groups in total. The first-order valence-electron chi connectivity index (χ1n) is 14.5. The molecule has 10 nitrogen and oxygen atoms in total. The molecule has 226 valence electrons. The van der Waals surface area contributed by atoms with E-state index in [0.717, 1.165) is 18.4 Å². The number of carbonyl (C=O) groups is 5. The van der Waals surface area contributed by atoms with Crippen molar-refractivity contribution >= 4 is 41.1 Å². The Hall–Kier alpha value is -3.14. The van der Waals surface area contributed by atoms with Crippen molar-refractivity contribution in [3.05, 3.63) is 34.9 Å². The van der Waals surface area contributed by atoms with Crippen LogP contribution in [0.5, 0.6) is 0 Å². The van der Waals surface area contributed by atoms with Crippen LogP contribution in [-0.2, 0) is 19.2 Å². The zero-order valence-corrected chi connectivity index (χ0v) is 25.6. The van der Waals surface area contributed by atoms with Crippen LogP contribution in [0.3, 0.4) is 0 Å². The molecule has 2 fully saturated rings. The van der Waals surface area contributed by atoms with Gasteiger partial charge in [-0.25, -0.2) is 4.79 Å². The highest BCUT2D eigenvalue weighted by Gasteiger charge is 2.44. The van der Waals surface area contributed by atoms with Gasteiger partial charge in [-0.15, -0.1) is 0 Å². The topological polar surface area (TPSA) is 137 Å². The summed E-state index contributed by atoms with van der Waals surface area (Å²) in [6.45, 7) is 11.5. The van der Waals surface area contributed by atoms with Crippen molar-refractivity contribution in [2.24, 2.45) is 11.8 Å². The molecule has 1 aromatic rings. The summed E-state index contributed by atoms with van der Waals surface area (Å²) in [6.07, 6.45) is 2.62. The smallest absolute Gasteiger partial charge is 0.315 e. The van der Waals surface area contributed by atoms with Gasteiger partial charge in [0.15, 0.2) is 0 Å². The minimum Gasteiger partial charge on any atom is -0.347 e. The SMILES string of the molecule is CCC[C@H](NC(=O)[C@@H]1CN(C(=O)[C@@H](NC(=O)NC(C)(C)C)C(C)C)C[C@H]1c1ccc(Cl)cc1)C(=O)C(=O)NC1CC1. The summed E-state index contributed by atoms with van der Waals surface area (Å²) in [6, 6.07) is 4.95. The molecule has 0 radical (unpaired) electrons. The predicted octanol–water partition coefficient (Wildman–Crippen LogP) is 3.14. The molecule has 1 saturated heterocycles. The van der Waals surface area contributed by atoms with Gasteiger partial charge in [-0.1, -0.05) is 50.9 Å². The highest BCUT2D eigenvalue weighted by atomic mass is 35.5. The van der Waals surface area contributed by atoms with Crippen LogP contribution in [0.15, 0.2) is 24.3 Å². The summed E-state index contributed by atoms with van der Waals surface area (Å²) in [7, 11) is 0. The van der Waals surface area contributed by atoms with E-state index in [1.165, 1.54) is 0 Å². The molecule has 1 aliphatic heterocycles. The maximum Gasteiger partial charge on any atom is 0.315 e. The van der Waals surface area contributed by atoms with Gasteiger partial charge in [0.2, 0.25) is 17.6 Å². The van der Waals surface area contributed by atoms with Gasteiger partial charge in [-0.2, -0.15) is 0 Å². The number of halogens is 1. The summed E-state index contributed by atoms with van der Waals surface area (Å²) >= 11 is 6.11. The lowest BCUT2D eigenvalue weighted by Crippen LogP contribution is -2.56. The number of Topliss-reactive ketones (excluding diaryl/α,β-unsaturated/α-hetero) is 1. The van der Waals surface area contributed by atoms with Crippen molar-refractivity contribution in [1.82, 2.24) is 26.2 Å². The summed E-state index contributed by atoms with van der Waals surface area (Å²) in [5, 5.41) is 11.7. The van der Waals surface area contributed by atoms with E-state index in [-0.39, 0.29) is 36.9 Å². The fraction of sp³-hybridized carbons (Fsp3) is 0.633. The van der Waals surface area contributed by atoms with Crippen molar-refractivity contribution in [3.8, 4) is 0 Å². The van der Waals surface area contributed by atoms with Crippen LogP contribution < -0.4 is 21.3 Å².